The van der Waals surface area contributed by atoms with Crippen molar-refractivity contribution < 1.29 is 0 Å². The Balaban J connectivity index is 1.89. The van der Waals surface area contributed by atoms with Gasteiger partial charge in [-0.25, -0.2) is 0 Å². The summed E-state index contributed by atoms with van der Waals surface area (Å²) in [6.07, 6.45) is 12.2. The molecular formula is C11H20N2. The summed E-state index contributed by atoms with van der Waals surface area (Å²) in [5.74, 6) is 0. The van der Waals surface area contributed by atoms with Crippen LogP contribution in [0.4, 0.5) is 0 Å². The third kappa shape index (κ3) is 1.94. The normalized spacial score (nSPS) is 27.2. The van der Waals surface area contributed by atoms with Gasteiger partial charge in [0.15, 0.2) is 0 Å². The van der Waals surface area contributed by atoms with Crippen molar-refractivity contribution in [3.63, 3.8) is 0 Å². The van der Waals surface area contributed by atoms with E-state index in [0.29, 0.717) is 6.04 Å². The number of nitrogens with two attached hydrogens (primary N) is 1. The van der Waals surface area contributed by atoms with Crippen LogP contribution in [0.15, 0.2) is 12.2 Å². The molecule has 2 rings (SSSR count). The minimum Gasteiger partial charge on any atom is -0.329 e. The lowest BCUT2D eigenvalue weighted by Gasteiger charge is -2.32. The number of hydrogen-bond acceptors (Lipinski definition) is 2. The van der Waals surface area contributed by atoms with Gasteiger partial charge in [-0.3, -0.25) is 0 Å². The zero-order valence-corrected chi connectivity index (χ0v) is 8.26. The lowest BCUT2D eigenvalue weighted by Crippen LogP contribution is -2.52. The molecular weight excluding hydrogens is 160 g/mol. The summed E-state index contributed by atoms with van der Waals surface area (Å²) in [5.41, 5.74) is 6.15. The van der Waals surface area contributed by atoms with E-state index >= 15 is 0 Å². The van der Waals surface area contributed by atoms with Crippen molar-refractivity contribution in [2.45, 2.75) is 50.1 Å². The van der Waals surface area contributed by atoms with Crippen molar-refractivity contribution in [1.82, 2.24) is 5.32 Å². The predicted molar refractivity (Wildman–Crippen MR) is 55.6 cm³/mol. The van der Waals surface area contributed by atoms with Crippen LogP contribution in [-0.2, 0) is 0 Å². The van der Waals surface area contributed by atoms with Crippen LogP contribution in [0, 0.1) is 0 Å². The predicted octanol–water partition coefficient (Wildman–Crippen LogP) is 1.57. The molecule has 2 aliphatic carbocycles. The highest BCUT2D eigenvalue weighted by Gasteiger charge is 2.33. The van der Waals surface area contributed by atoms with E-state index in [4.69, 9.17) is 5.73 Å². The first-order valence-electron chi connectivity index (χ1n) is 5.47. The highest BCUT2D eigenvalue weighted by molar-refractivity contribution is 5.03. The Kier molecular flexibility index (Phi) is 2.70. The molecule has 0 unspecified atom stereocenters. The van der Waals surface area contributed by atoms with Gasteiger partial charge < -0.3 is 11.1 Å². The van der Waals surface area contributed by atoms with Crippen LogP contribution >= 0.6 is 0 Å². The van der Waals surface area contributed by atoms with Gasteiger partial charge in [-0.1, -0.05) is 25.0 Å². The van der Waals surface area contributed by atoms with Gasteiger partial charge in [0.2, 0.25) is 0 Å². The average Bonchev–Trinajstić information content (AvgIpc) is 2.77. The molecule has 0 atom stereocenters. The Hall–Kier alpha value is -0.340. The van der Waals surface area contributed by atoms with Crippen molar-refractivity contribution in [2.24, 2.45) is 5.73 Å². The van der Waals surface area contributed by atoms with Crippen LogP contribution < -0.4 is 11.1 Å². The molecule has 0 amide bonds. The Morgan fingerprint density at radius 2 is 1.85 bits per heavy atom. The fourth-order valence-corrected chi connectivity index (χ4v) is 2.63. The maximum absolute atomic E-state index is 5.86. The zero-order valence-electron chi connectivity index (χ0n) is 8.26. The molecule has 1 fully saturated rings. The number of rotatable bonds is 3. The maximum atomic E-state index is 5.86. The summed E-state index contributed by atoms with van der Waals surface area (Å²) in [7, 11) is 0. The molecule has 3 N–H and O–H groups in total. The maximum Gasteiger partial charge on any atom is 0.0306 e. The molecule has 2 aliphatic rings. The van der Waals surface area contributed by atoms with Crippen LogP contribution in [0.1, 0.15) is 38.5 Å². The Bertz CT molecular complexity index is 184. The first-order valence-corrected chi connectivity index (χ1v) is 5.47. The van der Waals surface area contributed by atoms with Gasteiger partial charge in [0.05, 0.1) is 0 Å². The Morgan fingerprint density at radius 1 is 1.23 bits per heavy atom. The van der Waals surface area contributed by atoms with Gasteiger partial charge in [0, 0.05) is 18.1 Å². The second-order valence-corrected chi connectivity index (χ2v) is 4.48. The Labute approximate surface area is 80.6 Å². The van der Waals surface area contributed by atoms with Crippen LogP contribution in [0.5, 0.6) is 0 Å². The largest absolute Gasteiger partial charge is 0.329 e. The van der Waals surface area contributed by atoms with E-state index in [2.05, 4.69) is 17.5 Å². The molecule has 0 aromatic carbocycles. The van der Waals surface area contributed by atoms with E-state index < -0.39 is 0 Å². The van der Waals surface area contributed by atoms with Crippen LogP contribution in [0.25, 0.3) is 0 Å². The molecule has 0 aromatic rings. The molecule has 0 saturated heterocycles. The van der Waals surface area contributed by atoms with Crippen molar-refractivity contribution in [3.8, 4) is 0 Å². The van der Waals surface area contributed by atoms with Crippen molar-refractivity contribution in [3.05, 3.63) is 12.2 Å². The summed E-state index contributed by atoms with van der Waals surface area (Å²) in [5, 5.41) is 3.75. The minimum atomic E-state index is 0.288. The van der Waals surface area contributed by atoms with Crippen molar-refractivity contribution in [2.75, 3.05) is 6.54 Å². The molecule has 2 nitrogen and oxygen atoms in total. The quantitative estimate of drug-likeness (QED) is 0.647. The van der Waals surface area contributed by atoms with Crippen LogP contribution in [-0.4, -0.2) is 18.1 Å². The summed E-state index contributed by atoms with van der Waals surface area (Å²) >= 11 is 0. The van der Waals surface area contributed by atoms with Gasteiger partial charge in [-0.2, -0.15) is 0 Å². The lowest BCUT2D eigenvalue weighted by molar-refractivity contribution is 0.301. The number of nitrogens with one attached hydrogen (secondary N) is 1. The van der Waals surface area contributed by atoms with Gasteiger partial charge in [-0.05, 0) is 25.7 Å². The molecule has 0 radical (unpaired) electrons. The van der Waals surface area contributed by atoms with Gasteiger partial charge >= 0.3 is 0 Å². The highest BCUT2D eigenvalue weighted by atomic mass is 15.0. The highest BCUT2D eigenvalue weighted by Crippen LogP contribution is 2.30. The second-order valence-electron chi connectivity index (χ2n) is 4.48. The summed E-state index contributed by atoms with van der Waals surface area (Å²) in [6.45, 7) is 0.809. The van der Waals surface area contributed by atoms with Crippen LogP contribution in [0.2, 0.25) is 0 Å². The third-order valence-electron chi connectivity index (χ3n) is 3.47. The third-order valence-corrected chi connectivity index (χ3v) is 3.47. The van der Waals surface area contributed by atoms with Gasteiger partial charge in [0.25, 0.3) is 0 Å². The van der Waals surface area contributed by atoms with Gasteiger partial charge in [-0.15, -0.1) is 0 Å². The van der Waals surface area contributed by atoms with Crippen LogP contribution in [0.3, 0.4) is 0 Å². The van der Waals surface area contributed by atoms with Crippen molar-refractivity contribution in [1.29, 1.82) is 0 Å². The van der Waals surface area contributed by atoms with E-state index in [-0.39, 0.29) is 5.54 Å². The van der Waals surface area contributed by atoms with E-state index in [0.717, 1.165) is 6.54 Å². The molecule has 74 valence electrons. The SMILES string of the molecule is NCC1(NC2CC=CC2)CCCC1. The molecule has 2 heteroatoms. The molecule has 0 aliphatic heterocycles. The molecule has 0 aromatic heterocycles. The average molecular weight is 180 g/mol. The Morgan fingerprint density at radius 3 is 2.38 bits per heavy atom. The van der Waals surface area contributed by atoms with E-state index in [1.165, 1.54) is 38.5 Å². The fourth-order valence-electron chi connectivity index (χ4n) is 2.63. The first kappa shape index (κ1) is 9.22. The second kappa shape index (κ2) is 3.81. The fraction of sp³-hybridized carbons (Fsp3) is 0.818. The summed E-state index contributed by atoms with van der Waals surface area (Å²) in [6, 6.07) is 0.668. The van der Waals surface area contributed by atoms with Gasteiger partial charge in [0.1, 0.15) is 0 Å². The molecule has 13 heavy (non-hydrogen) atoms. The summed E-state index contributed by atoms with van der Waals surface area (Å²) < 4.78 is 0. The zero-order chi connectivity index (χ0) is 9.15. The smallest absolute Gasteiger partial charge is 0.0306 e. The molecule has 0 heterocycles. The molecule has 1 saturated carbocycles. The van der Waals surface area contributed by atoms with E-state index in [1.807, 2.05) is 0 Å². The molecule has 0 bridgehead atoms. The first-order chi connectivity index (χ1) is 6.35. The minimum absolute atomic E-state index is 0.288. The van der Waals surface area contributed by atoms with Crippen molar-refractivity contribution >= 4 is 0 Å². The topological polar surface area (TPSA) is 38.0 Å². The van der Waals surface area contributed by atoms with E-state index in [9.17, 15) is 0 Å². The lowest BCUT2D eigenvalue weighted by atomic mass is 9.96. The standard InChI is InChI=1S/C11H20N2/c12-9-11(7-3-4-8-11)13-10-5-1-2-6-10/h1-2,10,13H,3-9,12H2. The molecule has 0 spiro atoms. The number of hydrogen-bond donors (Lipinski definition) is 2. The summed E-state index contributed by atoms with van der Waals surface area (Å²) in [4.78, 5) is 0. The van der Waals surface area contributed by atoms with E-state index in [1.54, 1.807) is 0 Å². The monoisotopic (exact) mass is 180 g/mol.